The number of aromatic nitrogens is 1. The molecule has 8 nitrogen and oxygen atoms in total. The number of nitrogens with one attached hydrogen (secondary N) is 1. The number of ether oxygens (including phenoxy) is 1. The van der Waals surface area contributed by atoms with Gasteiger partial charge in [-0.1, -0.05) is 12.1 Å². The zero-order chi connectivity index (χ0) is 21.3. The quantitative estimate of drug-likeness (QED) is 0.447. The van der Waals surface area contributed by atoms with Crippen molar-refractivity contribution in [3.63, 3.8) is 0 Å². The van der Waals surface area contributed by atoms with E-state index in [4.69, 9.17) is 4.74 Å². The molecular weight excluding hydrogens is 382 g/mol. The molecular formula is C22H21N5O3. The van der Waals surface area contributed by atoms with Gasteiger partial charge in [-0.05, 0) is 37.1 Å². The number of nitrogens with zero attached hydrogens (tertiary/aromatic N) is 4. The van der Waals surface area contributed by atoms with E-state index in [-0.39, 0.29) is 11.1 Å². The fourth-order valence-electron chi connectivity index (χ4n) is 3.38. The molecule has 1 aromatic heterocycles. The van der Waals surface area contributed by atoms with E-state index in [1.54, 1.807) is 36.0 Å². The molecule has 2 aliphatic rings. The number of carbonyl (C=O) groups excluding carboxylic acids is 2. The second-order valence-corrected chi connectivity index (χ2v) is 7.27. The molecule has 0 spiro atoms. The number of hydrogen-bond acceptors (Lipinski definition) is 8. The normalized spacial score (nSPS) is 14.8. The van der Waals surface area contributed by atoms with E-state index in [0.29, 0.717) is 17.7 Å². The number of rotatable bonds is 6. The highest BCUT2D eigenvalue weighted by molar-refractivity contribution is 6.04. The zero-order valence-corrected chi connectivity index (χ0v) is 16.8. The number of para-hydroxylation sites is 2. The molecule has 1 saturated carbocycles. The largest absolute Gasteiger partial charge is 0.454 e. The van der Waals surface area contributed by atoms with E-state index in [0.717, 1.165) is 24.2 Å². The number of esters is 1. The van der Waals surface area contributed by atoms with Gasteiger partial charge in [0.25, 0.3) is 0 Å². The summed E-state index contributed by atoms with van der Waals surface area (Å²) in [6, 6.07) is 13.3. The van der Waals surface area contributed by atoms with Crippen LogP contribution in [-0.2, 0) is 9.53 Å². The summed E-state index contributed by atoms with van der Waals surface area (Å²) in [7, 11) is 3.58. The molecule has 1 aliphatic carbocycles. The monoisotopic (exact) mass is 403 g/mol. The average molecular weight is 403 g/mol. The van der Waals surface area contributed by atoms with Crippen LogP contribution in [0.1, 0.15) is 23.2 Å². The minimum Gasteiger partial charge on any atom is -0.454 e. The Balaban J connectivity index is 1.44. The molecule has 0 bridgehead atoms. The number of anilines is 3. The van der Waals surface area contributed by atoms with Crippen molar-refractivity contribution in [3.8, 4) is 6.07 Å². The lowest BCUT2D eigenvalue weighted by molar-refractivity contribution is -0.118. The minimum absolute atomic E-state index is 0.0638. The summed E-state index contributed by atoms with van der Waals surface area (Å²) < 4.78 is 5.14. The molecule has 2 heterocycles. The van der Waals surface area contributed by atoms with Crippen molar-refractivity contribution in [2.24, 2.45) is 0 Å². The Bertz CT molecular complexity index is 1040. The maximum absolute atomic E-state index is 12.7. The fourth-order valence-corrected chi connectivity index (χ4v) is 3.38. The molecule has 8 heteroatoms. The van der Waals surface area contributed by atoms with Gasteiger partial charge in [-0.15, -0.1) is 0 Å². The molecule has 1 aliphatic heterocycles. The van der Waals surface area contributed by atoms with Crippen LogP contribution in [0.4, 0.5) is 17.2 Å². The Hall–Kier alpha value is -3.86. The molecule has 1 N–H and O–H groups in total. The van der Waals surface area contributed by atoms with Crippen LogP contribution in [-0.4, -0.2) is 43.5 Å². The Morgan fingerprint density at radius 1 is 1.17 bits per heavy atom. The highest BCUT2D eigenvalue weighted by atomic mass is 16.5. The number of carbonyl (C=O) groups is 2. The average Bonchev–Trinajstić information content (AvgIpc) is 3.55. The Kier molecular flexibility index (Phi) is 5.11. The molecule has 30 heavy (non-hydrogen) atoms. The molecule has 0 unspecified atom stereocenters. The number of benzene rings is 1. The number of ketones is 1. The summed E-state index contributed by atoms with van der Waals surface area (Å²) in [6.07, 6.45) is 3.66. The topological polar surface area (TPSA) is 98.6 Å². The van der Waals surface area contributed by atoms with Crippen LogP contribution < -0.4 is 15.1 Å². The first-order valence-corrected chi connectivity index (χ1v) is 9.63. The molecule has 1 aromatic carbocycles. The molecule has 4 rings (SSSR count). The predicted molar refractivity (Wildman–Crippen MR) is 112 cm³/mol. The number of pyridine rings is 1. The summed E-state index contributed by atoms with van der Waals surface area (Å²) in [5.41, 5.74) is 1.96. The molecule has 0 amide bonds. The van der Waals surface area contributed by atoms with Crippen LogP contribution in [0.2, 0.25) is 0 Å². The summed E-state index contributed by atoms with van der Waals surface area (Å²) in [5.74, 6) is -0.0646. The Labute approximate surface area is 174 Å². The summed E-state index contributed by atoms with van der Waals surface area (Å²) >= 11 is 0. The fraction of sp³-hybridized carbons (Fsp3) is 0.273. The zero-order valence-electron chi connectivity index (χ0n) is 16.8. The first-order chi connectivity index (χ1) is 14.5. The van der Waals surface area contributed by atoms with Crippen LogP contribution in [0.15, 0.2) is 54.0 Å². The van der Waals surface area contributed by atoms with Gasteiger partial charge >= 0.3 is 5.97 Å². The van der Waals surface area contributed by atoms with Crippen molar-refractivity contribution in [2.75, 3.05) is 35.8 Å². The summed E-state index contributed by atoms with van der Waals surface area (Å²) in [5, 5.41) is 12.9. The van der Waals surface area contributed by atoms with Crippen molar-refractivity contribution in [2.45, 2.75) is 18.9 Å². The molecule has 2 aromatic rings. The Morgan fingerprint density at radius 3 is 2.37 bits per heavy atom. The van der Waals surface area contributed by atoms with Gasteiger partial charge in [0.1, 0.15) is 23.3 Å². The van der Waals surface area contributed by atoms with Gasteiger partial charge in [0, 0.05) is 26.3 Å². The maximum Gasteiger partial charge on any atom is 0.340 e. The van der Waals surface area contributed by atoms with Gasteiger partial charge in [-0.2, -0.15) is 5.26 Å². The van der Waals surface area contributed by atoms with Gasteiger partial charge in [-0.3, -0.25) is 4.79 Å². The van der Waals surface area contributed by atoms with Crippen LogP contribution in [0.25, 0.3) is 0 Å². The van der Waals surface area contributed by atoms with Crippen molar-refractivity contribution in [1.29, 1.82) is 5.26 Å². The van der Waals surface area contributed by atoms with E-state index < -0.39 is 18.4 Å². The molecule has 0 atom stereocenters. The lowest BCUT2D eigenvalue weighted by Crippen LogP contribution is -2.27. The first-order valence-electron chi connectivity index (χ1n) is 9.63. The summed E-state index contributed by atoms with van der Waals surface area (Å²) in [6.45, 7) is -0.522. The first kappa shape index (κ1) is 19.5. The third-order valence-electron chi connectivity index (χ3n) is 5.12. The second kappa shape index (κ2) is 7.87. The van der Waals surface area contributed by atoms with Gasteiger partial charge in [0.2, 0.25) is 5.78 Å². The molecule has 0 saturated heterocycles. The molecule has 1 fully saturated rings. The highest BCUT2D eigenvalue weighted by Gasteiger charge is 2.31. The molecule has 152 valence electrons. The maximum atomic E-state index is 12.7. The van der Waals surface area contributed by atoms with Crippen molar-refractivity contribution < 1.29 is 14.3 Å². The van der Waals surface area contributed by atoms with Crippen molar-refractivity contribution in [1.82, 2.24) is 4.98 Å². The van der Waals surface area contributed by atoms with Crippen LogP contribution in [0, 0.1) is 11.3 Å². The minimum atomic E-state index is -0.660. The number of Topliss-reactive ketones (excluding diaryl/α,β-unsaturated/α-hetero) is 1. The van der Waals surface area contributed by atoms with E-state index in [2.05, 4.69) is 10.3 Å². The molecule has 0 radical (unpaired) electrons. The van der Waals surface area contributed by atoms with E-state index >= 15 is 0 Å². The predicted octanol–water partition coefficient (Wildman–Crippen LogP) is 2.70. The smallest absolute Gasteiger partial charge is 0.340 e. The SMILES string of the molecule is CN1C(=C(C#N)C(=O)COC(=O)c2ccc(NC3CC3)nc2)N(C)c2ccccc21. The van der Waals surface area contributed by atoms with Crippen LogP contribution >= 0.6 is 0 Å². The second-order valence-electron chi connectivity index (χ2n) is 7.27. The lowest BCUT2D eigenvalue weighted by atomic mass is 10.2. The van der Waals surface area contributed by atoms with Crippen molar-refractivity contribution in [3.05, 3.63) is 59.6 Å². The van der Waals surface area contributed by atoms with Crippen LogP contribution in [0.5, 0.6) is 0 Å². The van der Waals surface area contributed by atoms with Gasteiger partial charge in [0.05, 0.1) is 16.9 Å². The van der Waals surface area contributed by atoms with E-state index in [1.165, 1.54) is 6.20 Å². The highest BCUT2D eigenvalue weighted by Crippen LogP contribution is 2.40. The van der Waals surface area contributed by atoms with Gasteiger partial charge < -0.3 is 19.9 Å². The van der Waals surface area contributed by atoms with E-state index in [1.807, 2.05) is 30.3 Å². The van der Waals surface area contributed by atoms with Crippen molar-refractivity contribution >= 4 is 28.9 Å². The lowest BCUT2D eigenvalue weighted by Gasteiger charge is -2.19. The number of hydrogen-bond donors (Lipinski definition) is 1. The van der Waals surface area contributed by atoms with E-state index in [9.17, 15) is 14.9 Å². The number of nitriles is 1. The Morgan fingerprint density at radius 2 is 1.83 bits per heavy atom. The van der Waals surface area contributed by atoms with Crippen LogP contribution in [0.3, 0.4) is 0 Å². The third kappa shape index (κ3) is 3.70. The number of fused-ring (bicyclic) bond motifs is 1. The van der Waals surface area contributed by atoms with Gasteiger partial charge in [-0.25, -0.2) is 9.78 Å². The van der Waals surface area contributed by atoms with Gasteiger partial charge in [0.15, 0.2) is 6.61 Å². The third-order valence-corrected chi connectivity index (χ3v) is 5.12. The standard InChI is InChI=1S/C22H21N5O3/c1-26-17-5-3-4-6-18(17)27(2)21(26)16(11-23)19(28)13-30-22(29)14-7-10-20(24-12-14)25-15-8-9-15/h3-7,10,12,15H,8-9,13H2,1-2H3,(H,24,25). The summed E-state index contributed by atoms with van der Waals surface area (Å²) in [4.78, 5) is 32.7.